The lowest BCUT2D eigenvalue weighted by molar-refractivity contribution is -0.234. The first-order chi connectivity index (χ1) is 11.2. The van der Waals surface area contributed by atoms with Gasteiger partial charge in [-0.25, -0.2) is 9.18 Å². The van der Waals surface area contributed by atoms with E-state index in [0.717, 1.165) is 6.07 Å². The number of alkyl halides is 3. The van der Waals surface area contributed by atoms with Crippen molar-refractivity contribution in [2.45, 2.75) is 25.2 Å². The predicted molar refractivity (Wildman–Crippen MR) is 76.0 cm³/mol. The number of benzene rings is 1. The summed E-state index contributed by atoms with van der Waals surface area (Å²) in [5.74, 6) is -2.19. The van der Waals surface area contributed by atoms with Gasteiger partial charge >= 0.3 is 12.1 Å². The molecule has 1 aromatic rings. The van der Waals surface area contributed by atoms with Crippen LogP contribution in [0, 0.1) is 17.2 Å². The van der Waals surface area contributed by atoms with Crippen molar-refractivity contribution < 1.29 is 31.8 Å². The molecular weight excluding hydrogens is 354 g/mol. The molecule has 132 valence electrons. The molecule has 1 N–H and O–H groups in total. The van der Waals surface area contributed by atoms with E-state index in [4.69, 9.17) is 16.3 Å². The molecule has 1 atom stereocenters. The minimum Gasteiger partial charge on any atom is -0.492 e. The molecule has 1 unspecified atom stereocenters. The summed E-state index contributed by atoms with van der Waals surface area (Å²) in [6.45, 7) is 0.809. The molecule has 0 radical (unpaired) electrons. The molecule has 3 rings (SSSR count). The Balaban J connectivity index is 1.47. The van der Waals surface area contributed by atoms with Gasteiger partial charge in [0.2, 0.25) is 0 Å². The summed E-state index contributed by atoms with van der Waals surface area (Å²) in [5, 5.41) is 2.86. The second-order valence-corrected chi connectivity index (χ2v) is 6.59. The van der Waals surface area contributed by atoms with E-state index < -0.39 is 29.6 Å². The Labute approximate surface area is 140 Å². The Kier molecular flexibility index (Phi) is 4.37. The van der Waals surface area contributed by atoms with Crippen LogP contribution in [-0.2, 0) is 9.53 Å². The van der Waals surface area contributed by atoms with Crippen molar-refractivity contribution in [2.24, 2.45) is 11.3 Å². The third-order valence-corrected chi connectivity index (χ3v) is 4.71. The van der Waals surface area contributed by atoms with Crippen LogP contribution in [0.1, 0.15) is 12.8 Å². The summed E-state index contributed by atoms with van der Waals surface area (Å²) in [6.07, 6.45) is -4.76. The summed E-state index contributed by atoms with van der Waals surface area (Å²) >= 11 is 5.85. The molecule has 1 aromatic carbocycles. The molecule has 0 amide bonds. The fourth-order valence-electron chi connectivity index (χ4n) is 3.18. The van der Waals surface area contributed by atoms with Gasteiger partial charge in [0.25, 0.3) is 0 Å². The topological polar surface area (TPSA) is 47.6 Å². The molecule has 2 aliphatic rings. The number of halogens is 5. The average Bonchev–Trinajstić information content (AvgIpc) is 2.42. The van der Waals surface area contributed by atoms with Crippen LogP contribution < -0.4 is 10.1 Å². The van der Waals surface area contributed by atoms with Crippen molar-refractivity contribution in [3.05, 3.63) is 29.0 Å². The SMILES string of the molecule is O=C(OC1NCC12CC(COc1ccc(F)cc1Cl)C2)C(F)(F)F. The average molecular weight is 368 g/mol. The lowest BCUT2D eigenvalue weighted by atomic mass is 9.57. The Morgan fingerprint density at radius 3 is 2.62 bits per heavy atom. The molecule has 0 aromatic heterocycles. The van der Waals surface area contributed by atoms with E-state index in [1.807, 2.05) is 0 Å². The standard InChI is InChI=1S/C15H14ClF4NO3/c16-10-3-9(17)1-2-11(10)23-6-8-4-14(5-8)7-21-12(14)24-13(22)15(18,19)20/h1-3,8,12,21H,4-7H2. The van der Waals surface area contributed by atoms with Crippen molar-refractivity contribution in [1.29, 1.82) is 0 Å². The van der Waals surface area contributed by atoms with Gasteiger partial charge in [-0.1, -0.05) is 11.6 Å². The van der Waals surface area contributed by atoms with Crippen LogP contribution in [0.5, 0.6) is 5.75 Å². The van der Waals surface area contributed by atoms with Crippen molar-refractivity contribution in [2.75, 3.05) is 13.2 Å². The number of nitrogens with one attached hydrogen (secondary N) is 1. The number of carbonyl (C=O) groups is 1. The third-order valence-electron chi connectivity index (χ3n) is 4.41. The molecule has 1 spiro atoms. The highest BCUT2D eigenvalue weighted by atomic mass is 35.5. The Hall–Kier alpha value is -1.54. The van der Waals surface area contributed by atoms with E-state index in [0.29, 0.717) is 31.7 Å². The van der Waals surface area contributed by atoms with E-state index in [1.54, 1.807) is 0 Å². The molecule has 1 aliphatic heterocycles. The number of ether oxygens (including phenoxy) is 2. The Morgan fingerprint density at radius 1 is 1.38 bits per heavy atom. The zero-order valence-corrected chi connectivity index (χ0v) is 13.1. The van der Waals surface area contributed by atoms with Gasteiger partial charge < -0.3 is 9.47 Å². The van der Waals surface area contributed by atoms with Crippen LogP contribution >= 0.6 is 11.6 Å². The van der Waals surface area contributed by atoms with Gasteiger partial charge in [-0.05, 0) is 37.0 Å². The summed E-state index contributed by atoms with van der Waals surface area (Å²) in [5.41, 5.74) is -0.457. The van der Waals surface area contributed by atoms with E-state index in [-0.39, 0.29) is 10.9 Å². The van der Waals surface area contributed by atoms with Crippen LogP contribution in [0.4, 0.5) is 17.6 Å². The predicted octanol–water partition coefficient (Wildman–Crippen LogP) is 3.29. The second kappa shape index (κ2) is 6.07. The summed E-state index contributed by atoms with van der Waals surface area (Å²) < 4.78 is 59.6. The summed E-state index contributed by atoms with van der Waals surface area (Å²) in [7, 11) is 0. The van der Waals surface area contributed by atoms with E-state index in [9.17, 15) is 22.4 Å². The highest BCUT2D eigenvalue weighted by Gasteiger charge is 2.59. The van der Waals surface area contributed by atoms with Crippen molar-refractivity contribution in [3.63, 3.8) is 0 Å². The summed E-state index contributed by atoms with van der Waals surface area (Å²) in [6, 6.07) is 3.79. The minimum atomic E-state index is -5.00. The molecule has 24 heavy (non-hydrogen) atoms. The number of hydrogen-bond donors (Lipinski definition) is 1. The van der Waals surface area contributed by atoms with Gasteiger partial charge in [-0.15, -0.1) is 0 Å². The first kappa shape index (κ1) is 17.3. The highest BCUT2D eigenvalue weighted by Crippen LogP contribution is 2.52. The molecule has 1 saturated heterocycles. The molecule has 2 fully saturated rings. The van der Waals surface area contributed by atoms with Gasteiger partial charge in [-0.3, -0.25) is 5.32 Å². The van der Waals surface area contributed by atoms with Gasteiger partial charge in [0.05, 0.1) is 11.6 Å². The van der Waals surface area contributed by atoms with Gasteiger partial charge in [0.1, 0.15) is 11.6 Å². The maximum atomic E-state index is 12.9. The number of hydrogen-bond acceptors (Lipinski definition) is 4. The van der Waals surface area contributed by atoms with E-state index >= 15 is 0 Å². The van der Waals surface area contributed by atoms with Crippen LogP contribution in [0.2, 0.25) is 5.02 Å². The summed E-state index contributed by atoms with van der Waals surface area (Å²) in [4.78, 5) is 10.9. The first-order valence-corrected chi connectivity index (χ1v) is 7.66. The van der Waals surface area contributed by atoms with Gasteiger partial charge in [0.15, 0.2) is 6.23 Å². The molecule has 4 nitrogen and oxygen atoms in total. The Bertz CT molecular complexity index is 646. The van der Waals surface area contributed by atoms with Crippen molar-refractivity contribution in [3.8, 4) is 5.75 Å². The molecule has 9 heteroatoms. The second-order valence-electron chi connectivity index (χ2n) is 6.19. The van der Waals surface area contributed by atoms with Crippen LogP contribution in [0.3, 0.4) is 0 Å². The van der Waals surface area contributed by atoms with E-state index in [2.05, 4.69) is 10.1 Å². The fraction of sp³-hybridized carbons (Fsp3) is 0.533. The first-order valence-electron chi connectivity index (χ1n) is 7.29. The Morgan fingerprint density at radius 2 is 2.08 bits per heavy atom. The zero-order valence-electron chi connectivity index (χ0n) is 12.3. The van der Waals surface area contributed by atoms with Gasteiger partial charge in [0, 0.05) is 12.0 Å². The minimum absolute atomic E-state index is 0.111. The monoisotopic (exact) mass is 367 g/mol. The lowest BCUT2D eigenvalue weighted by Crippen LogP contribution is -2.69. The quantitative estimate of drug-likeness (QED) is 0.655. The third kappa shape index (κ3) is 3.30. The lowest BCUT2D eigenvalue weighted by Gasteiger charge is -2.58. The molecule has 1 aliphatic carbocycles. The molecule has 1 saturated carbocycles. The van der Waals surface area contributed by atoms with Crippen LogP contribution in [0.25, 0.3) is 0 Å². The van der Waals surface area contributed by atoms with Crippen LogP contribution in [0.15, 0.2) is 18.2 Å². The van der Waals surface area contributed by atoms with Crippen LogP contribution in [-0.4, -0.2) is 31.5 Å². The van der Waals surface area contributed by atoms with Crippen molar-refractivity contribution >= 4 is 17.6 Å². The van der Waals surface area contributed by atoms with E-state index in [1.165, 1.54) is 12.1 Å². The molecule has 1 heterocycles. The van der Waals surface area contributed by atoms with Crippen molar-refractivity contribution in [1.82, 2.24) is 5.32 Å². The largest absolute Gasteiger partial charge is 0.492 e. The maximum absolute atomic E-state index is 12.9. The zero-order chi connectivity index (χ0) is 17.5. The molecule has 0 bridgehead atoms. The number of rotatable bonds is 4. The van der Waals surface area contributed by atoms with Gasteiger partial charge in [-0.2, -0.15) is 13.2 Å². The maximum Gasteiger partial charge on any atom is 0.490 e. The number of esters is 1. The number of carbonyl (C=O) groups excluding carboxylic acids is 1. The highest BCUT2D eigenvalue weighted by molar-refractivity contribution is 6.32. The fourth-order valence-corrected chi connectivity index (χ4v) is 3.40. The smallest absolute Gasteiger partial charge is 0.490 e. The molecular formula is C15H14ClF4NO3. The normalized spacial score (nSPS) is 28.9.